The summed E-state index contributed by atoms with van der Waals surface area (Å²) in [5, 5.41) is 5.57. The summed E-state index contributed by atoms with van der Waals surface area (Å²) in [5.74, 6) is -1.75. The molecule has 2 aromatic carbocycles. The number of amides is 3. The summed E-state index contributed by atoms with van der Waals surface area (Å²) in [7, 11) is 0. The molecule has 28 heavy (non-hydrogen) atoms. The third-order valence-corrected chi connectivity index (χ3v) is 4.48. The van der Waals surface area contributed by atoms with Gasteiger partial charge in [-0.2, -0.15) is 0 Å². The quantitative estimate of drug-likeness (QED) is 0.833. The molecule has 1 fully saturated rings. The number of nitrogens with one attached hydrogen (secondary N) is 2. The summed E-state index contributed by atoms with van der Waals surface area (Å²) in [6, 6.07) is 12.3. The number of benzene rings is 2. The van der Waals surface area contributed by atoms with Gasteiger partial charge in [-0.3, -0.25) is 14.4 Å². The maximum Gasteiger partial charge on any atom is 0.253 e. The number of nitrogens with zero attached hydrogens (tertiary/aromatic N) is 1. The van der Waals surface area contributed by atoms with Crippen LogP contribution in [-0.4, -0.2) is 30.3 Å². The lowest BCUT2D eigenvalue weighted by molar-refractivity contribution is -0.122. The van der Waals surface area contributed by atoms with Crippen LogP contribution in [-0.2, 0) is 9.59 Å². The number of para-hydroxylation sites is 1. The molecule has 0 aliphatic carbocycles. The first kappa shape index (κ1) is 19.5. The molecule has 2 aromatic rings. The number of halogens is 1. The Labute approximate surface area is 162 Å². The highest BCUT2D eigenvalue weighted by atomic mass is 19.1. The van der Waals surface area contributed by atoms with Gasteiger partial charge in [-0.15, -0.1) is 0 Å². The van der Waals surface area contributed by atoms with Crippen molar-refractivity contribution in [2.24, 2.45) is 5.92 Å². The molecule has 1 aliphatic heterocycles. The molecule has 1 unspecified atom stereocenters. The van der Waals surface area contributed by atoms with E-state index < -0.39 is 5.92 Å². The molecular formula is C21H22FN3O3. The Morgan fingerprint density at radius 2 is 1.79 bits per heavy atom. The Hall–Kier alpha value is -3.22. The van der Waals surface area contributed by atoms with Gasteiger partial charge in [-0.25, -0.2) is 4.39 Å². The van der Waals surface area contributed by atoms with Gasteiger partial charge in [0.1, 0.15) is 5.82 Å². The van der Waals surface area contributed by atoms with Crippen molar-refractivity contribution in [3.8, 4) is 0 Å². The van der Waals surface area contributed by atoms with Gasteiger partial charge in [0.15, 0.2) is 0 Å². The highest BCUT2D eigenvalue weighted by Gasteiger charge is 2.35. The fourth-order valence-corrected chi connectivity index (χ4v) is 3.12. The molecule has 0 bridgehead atoms. The Morgan fingerprint density at radius 3 is 2.46 bits per heavy atom. The predicted octanol–water partition coefficient (Wildman–Crippen LogP) is 2.96. The van der Waals surface area contributed by atoms with Crippen molar-refractivity contribution in [2.45, 2.75) is 26.3 Å². The summed E-state index contributed by atoms with van der Waals surface area (Å²) in [6.45, 7) is 3.91. The minimum absolute atomic E-state index is 0.0343. The van der Waals surface area contributed by atoms with Crippen LogP contribution < -0.4 is 15.5 Å². The Kier molecular flexibility index (Phi) is 5.73. The fourth-order valence-electron chi connectivity index (χ4n) is 3.12. The van der Waals surface area contributed by atoms with Crippen molar-refractivity contribution in [1.82, 2.24) is 5.32 Å². The van der Waals surface area contributed by atoms with Crippen LogP contribution in [0.5, 0.6) is 0 Å². The minimum Gasteiger partial charge on any atom is -0.350 e. The Morgan fingerprint density at radius 1 is 1.11 bits per heavy atom. The largest absolute Gasteiger partial charge is 0.350 e. The number of hydrogen-bond donors (Lipinski definition) is 2. The van der Waals surface area contributed by atoms with E-state index in [4.69, 9.17) is 0 Å². The van der Waals surface area contributed by atoms with Crippen LogP contribution in [0.2, 0.25) is 0 Å². The third kappa shape index (κ3) is 4.36. The first-order valence-corrected chi connectivity index (χ1v) is 9.12. The average molecular weight is 383 g/mol. The number of carbonyl (C=O) groups excluding carboxylic acids is 3. The molecule has 3 amide bonds. The van der Waals surface area contributed by atoms with Gasteiger partial charge in [0.25, 0.3) is 5.91 Å². The molecule has 0 spiro atoms. The van der Waals surface area contributed by atoms with Gasteiger partial charge in [-0.05, 0) is 50.2 Å². The van der Waals surface area contributed by atoms with E-state index in [0.29, 0.717) is 16.9 Å². The number of anilines is 2. The van der Waals surface area contributed by atoms with Gasteiger partial charge in [0.05, 0.1) is 17.2 Å². The van der Waals surface area contributed by atoms with Crippen LogP contribution in [0.1, 0.15) is 30.6 Å². The van der Waals surface area contributed by atoms with Crippen LogP contribution in [0.25, 0.3) is 0 Å². The topological polar surface area (TPSA) is 78.5 Å². The lowest BCUT2D eigenvalue weighted by Crippen LogP contribution is -2.32. The van der Waals surface area contributed by atoms with E-state index in [9.17, 15) is 18.8 Å². The molecule has 0 radical (unpaired) electrons. The SMILES string of the molecule is CC(C)NC(=O)c1ccccc1NC(=O)C1CC(=O)N(c2ccc(F)cc2)C1. The zero-order valence-electron chi connectivity index (χ0n) is 15.7. The molecule has 1 atom stereocenters. The summed E-state index contributed by atoms with van der Waals surface area (Å²) < 4.78 is 13.1. The molecule has 3 rings (SSSR count). The second-order valence-electron chi connectivity index (χ2n) is 7.04. The van der Waals surface area contributed by atoms with E-state index in [1.165, 1.54) is 29.2 Å². The lowest BCUT2D eigenvalue weighted by Gasteiger charge is -2.17. The number of hydrogen-bond acceptors (Lipinski definition) is 3. The van der Waals surface area contributed by atoms with Crippen molar-refractivity contribution in [3.05, 3.63) is 59.9 Å². The summed E-state index contributed by atoms with van der Waals surface area (Å²) in [4.78, 5) is 38.8. The van der Waals surface area contributed by atoms with Gasteiger partial charge in [-0.1, -0.05) is 12.1 Å². The van der Waals surface area contributed by atoms with Gasteiger partial charge in [0, 0.05) is 24.7 Å². The summed E-state index contributed by atoms with van der Waals surface area (Å²) in [6.07, 6.45) is 0.0591. The normalized spacial score (nSPS) is 16.4. The summed E-state index contributed by atoms with van der Waals surface area (Å²) >= 11 is 0. The van der Waals surface area contributed by atoms with E-state index in [1.807, 2.05) is 13.8 Å². The third-order valence-electron chi connectivity index (χ3n) is 4.48. The molecule has 1 heterocycles. The van der Waals surface area contributed by atoms with Gasteiger partial charge in [0.2, 0.25) is 11.8 Å². The lowest BCUT2D eigenvalue weighted by atomic mass is 10.1. The van der Waals surface area contributed by atoms with E-state index in [0.717, 1.165) is 0 Å². The van der Waals surface area contributed by atoms with Gasteiger partial charge >= 0.3 is 0 Å². The molecule has 2 N–H and O–H groups in total. The van der Waals surface area contributed by atoms with E-state index in [2.05, 4.69) is 10.6 Å². The maximum atomic E-state index is 13.1. The molecule has 146 valence electrons. The molecule has 7 heteroatoms. The molecule has 1 aliphatic rings. The van der Waals surface area contributed by atoms with Gasteiger partial charge < -0.3 is 15.5 Å². The van der Waals surface area contributed by atoms with E-state index in [1.54, 1.807) is 24.3 Å². The second-order valence-corrected chi connectivity index (χ2v) is 7.04. The predicted molar refractivity (Wildman–Crippen MR) is 105 cm³/mol. The van der Waals surface area contributed by atoms with Crippen molar-refractivity contribution >= 4 is 29.1 Å². The summed E-state index contributed by atoms with van der Waals surface area (Å²) in [5.41, 5.74) is 1.32. The fraction of sp³-hybridized carbons (Fsp3) is 0.286. The highest BCUT2D eigenvalue weighted by molar-refractivity contribution is 6.07. The molecule has 6 nitrogen and oxygen atoms in total. The average Bonchev–Trinajstić information content (AvgIpc) is 3.04. The van der Waals surface area contributed by atoms with Crippen LogP contribution in [0.4, 0.5) is 15.8 Å². The first-order chi connectivity index (χ1) is 13.3. The van der Waals surface area contributed by atoms with Crippen LogP contribution in [0.15, 0.2) is 48.5 Å². The number of rotatable bonds is 5. The second kappa shape index (κ2) is 8.21. The molecule has 0 saturated carbocycles. The van der Waals surface area contributed by atoms with Crippen LogP contribution in [0, 0.1) is 11.7 Å². The molecular weight excluding hydrogens is 361 g/mol. The first-order valence-electron chi connectivity index (χ1n) is 9.12. The van der Waals surface area contributed by atoms with E-state index >= 15 is 0 Å². The number of carbonyl (C=O) groups is 3. The van der Waals surface area contributed by atoms with Crippen molar-refractivity contribution in [3.63, 3.8) is 0 Å². The zero-order valence-corrected chi connectivity index (χ0v) is 15.7. The van der Waals surface area contributed by atoms with E-state index in [-0.39, 0.29) is 42.5 Å². The zero-order chi connectivity index (χ0) is 20.3. The van der Waals surface area contributed by atoms with Crippen molar-refractivity contribution in [1.29, 1.82) is 0 Å². The highest BCUT2D eigenvalue weighted by Crippen LogP contribution is 2.26. The maximum absolute atomic E-state index is 13.1. The minimum atomic E-state index is -0.557. The van der Waals surface area contributed by atoms with Crippen LogP contribution >= 0.6 is 0 Å². The monoisotopic (exact) mass is 383 g/mol. The van der Waals surface area contributed by atoms with Crippen LogP contribution in [0.3, 0.4) is 0 Å². The Bertz CT molecular complexity index is 896. The molecule has 0 aromatic heterocycles. The standard InChI is InChI=1S/C21H22FN3O3/c1-13(2)23-21(28)17-5-3-4-6-18(17)24-20(27)14-11-19(26)25(12-14)16-9-7-15(22)8-10-16/h3-10,13-14H,11-12H2,1-2H3,(H,23,28)(H,24,27). The Balaban J connectivity index is 1.71. The molecule has 1 saturated heterocycles. The smallest absolute Gasteiger partial charge is 0.253 e. The van der Waals surface area contributed by atoms with Crippen molar-refractivity contribution in [2.75, 3.05) is 16.8 Å². The van der Waals surface area contributed by atoms with Crippen molar-refractivity contribution < 1.29 is 18.8 Å².